The molecule has 29 heavy (non-hydrogen) atoms. The van der Waals surface area contributed by atoms with E-state index >= 15 is 0 Å². The molecule has 0 saturated carbocycles. The SMILES string of the molecule is COc1ccccc1NCC(=O)Nc1ccccc1OCCCc1ccccc1. The molecule has 2 N–H and O–H groups in total. The lowest BCUT2D eigenvalue weighted by Crippen LogP contribution is -2.22. The fourth-order valence-corrected chi connectivity index (χ4v) is 2.96. The molecule has 0 bridgehead atoms. The molecule has 0 heterocycles. The van der Waals surface area contributed by atoms with E-state index in [0.29, 0.717) is 23.8 Å². The second kappa shape index (κ2) is 10.8. The van der Waals surface area contributed by atoms with Crippen LogP contribution in [0.1, 0.15) is 12.0 Å². The molecule has 3 rings (SSSR count). The molecule has 5 heteroatoms. The zero-order valence-electron chi connectivity index (χ0n) is 16.6. The third-order valence-electron chi connectivity index (χ3n) is 4.42. The first-order chi connectivity index (χ1) is 14.3. The van der Waals surface area contributed by atoms with Gasteiger partial charge in [-0.3, -0.25) is 4.79 Å². The van der Waals surface area contributed by atoms with Gasteiger partial charge >= 0.3 is 0 Å². The maximum absolute atomic E-state index is 12.4. The molecule has 5 nitrogen and oxygen atoms in total. The van der Waals surface area contributed by atoms with Crippen LogP contribution in [0.15, 0.2) is 78.9 Å². The highest BCUT2D eigenvalue weighted by Gasteiger charge is 2.09. The van der Waals surface area contributed by atoms with Crippen LogP contribution in [0.4, 0.5) is 11.4 Å². The summed E-state index contributed by atoms with van der Waals surface area (Å²) < 4.78 is 11.2. The number of rotatable bonds is 10. The van der Waals surface area contributed by atoms with Crippen molar-refractivity contribution in [3.63, 3.8) is 0 Å². The lowest BCUT2D eigenvalue weighted by atomic mass is 10.1. The molecule has 0 aliphatic rings. The van der Waals surface area contributed by atoms with Crippen LogP contribution in [0.3, 0.4) is 0 Å². The minimum Gasteiger partial charge on any atom is -0.495 e. The molecule has 0 aliphatic carbocycles. The molecule has 3 aromatic rings. The quantitative estimate of drug-likeness (QED) is 0.490. The number of carbonyl (C=O) groups is 1. The number of aryl methyl sites for hydroxylation is 1. The van der Waals surface area contributed by atoms with Crippen molar-refractivity contribution in [3.05, 3.63) is 84.4 Å². The van der Waals surface area contributed by atoms with Gasteiger partial charge in [0.1, 0.15) is 11.5 Å². The lowest BCUT2D eigenvalue weighted by Gasteiger charge is -2.14. The number of hydrogen-bond acceptors (Lipinski definition) is 4. The molecule has 0 aliphatic heterocycles. The van der Waals surface area contributed by atoms with E-state index in [-0.39, 0.29) is 12.5 Å². The first-order valence-corrected chi connectivity index (χ1v) is 9.69. The van der Waals surface area contributed by atoms with Crippen molar-refractivity contribution in [2.24, 2.45) is 0 Å². The van der Waals surface area contributed by atoms with Gasteiger partial charge in [-0.05, 0) is 42.7 Å². The summed E-state index contributed by atoms with van der Waals surface area (Å²) in [5, 5.41) is 6.01. The Morgan fingerprint density at radius 2 is 1.48 bits per heavy atom. The summed E-state index contributed by atoms with van der Waals surface area (Å²) in [6.07, 6.45) is 1.86. The van der Waals surface area contributed by atoms with Crippen molar-refractivity contribution in [1.82, 2.24) is 0 Å². The van der Waals surface area contributed by atoms with Crippen LogP contribution in [0, 0.1) is 0 Å². The monoisotopic (exact) mass is 390 g/mol. The van der Waals surface area contributed by atoms with E-state index in [0.717, 1.165) is 18.5 Å². The molecule has 0 atom stereocenters. The van der Waals surface area contributed by atoms with Gasteiger partial charge in [0.25, 0.3) is 0 Å². The minimum absolute atomic E-state index is 0.128. The van der Waals surface area contributed by atoms with Gasteiger partial charge in [0, 0.05) is 0 Å². The number of amides is 1. The van der Waals surface area contributed by atoms with E-state index in [2.05, 4.69) is 22.8 Å². The van der Waals surface area contributed by atoms with Crippen molar-refractivity contribution >= 4 is 17.3 Å². The lowest BCUT2D eigenvalue weighted by molar-refractivity contribution is -0.114. The number of ether oxygens (including phenoxy) is 2. The summed E-state index contributed by atoms with van der Waals surface area (Å²) in [6.45, 7) is 0.712. The van der Waals surface area contributed by atoms with E-state index in [1.54, 1.807) is 7.11 Å². The molecule has 0 aromatic heterocycles. The van der Waals surface area contributed by atoms with Crippen LogP contribution < -0.4 is 20.1 Å². The maximum atomic E-state index is 12.4. The Morgan fingerprint density at radius 3 is 2.24 bits per heavy atom. The number of nitrogens with one attached hydrogen (secondary N) is 2. The average Bonchev–Trinajstić information content (AvgIpc) is 2.77. The molecule has 1 amide bonds. The molecule has 0 spiro atoms. The molecule has 0 radical (unpaired) electrons. The van der Waals surface area contributed by atoms with Gasteiger partial charge < -0.3 is 20.1 Å². The standard InChI is InChI=1S/C24H26N2O3/c1-28-22-15-7-5-13-20(22)25-18-24(27)26-21-14-6-8-16-23(21)29-17-9-12-19-10-3-2-4-11-19/h2-8,10-11,13-16,25H,9,12,17-18H2,1H3,(H,26,27). The second-order valence-electron chi connectivity index (χ2n) is 6.54. The zero-order valence-corrected chi connectivity index (χ0v) is 16.6. The van der Waals surface area contributed by atoms with Gasteiger partial charge in [-0.15, -0.1) is 0 Å². The van der Waals surface area contributed by atoms with Crippen molar-refractivity contribution in [1.29, 1.82) is 0 Å². The highest BCUT2D eigenvalue weighted by atomic mass is 16.5. The van der Waals surface area contributed by atoms with E-state index < -0.39 is 0 Å². The Labute approximate surface area is 171 Å². The molecule has 0 unspecified atom stereocenters. The number of benzene rings is 3. The fourth-order valence-electron chi connectivity index (χ4n) is 2.96. The number of para-hydroxylation sites is 4. The molecule has 0 fully saturated rings. The van der Waals surface area contributed by atoms with Gasteiger partial charge in [-0.25, -0.2) is 0 Å². The van der Waals surface area contributed by atoms with Crippen molar-refractivity contribution in [3.8, 4) is 11.5 Å². The number of anilines is 2. The van der Waals surface area contributed by atoms with Gasteiger partial charge in [-0.1, -0.05) is 54.6 Å². The molecular formula is C24H26N2O3. The summed E-state index contributed by atoms with van der Waals surface area (Å²) in [7, 11) is 1.60. The number of carbonyl (C=O) groups excluding carboxylic acids is 1. The Bertz CT molecular complexity index is 913. The highest BCUT2D eigenvalue weighted by molar-refractivity contribution is 5.95. The highest BCUT2D eigenvalue weighted by Crippen LogP contribution is 2.25. The Morgan fingerprint density at radius 1 is 0.828 bits per heavy atom. The summed E-state index contributed by atoms with van der Waals surface area (Å²) >= 11 is 0. The Hall–Kier alpha value is -3.47. The molecule has 0 saturated heterocycles. The second-order valence-corrected chi connectivity index (χ2v) is 6.54. The fraction of sp³-hybridized carbons (Fsp3) is 0.208. The van der Waals surface area contributed by atoms with Crippen LogP contribution >= 0.6 is 0 Å². The van der Waals surface area contributed by atoms with Crippen LogP contribution in [-0.4, -0.2) is 26.2 Å². The number of methoxy groups -OCH3 is 1. The normalized spacial score (nSPS) is 10.2. The predicted octanol–water partition coefficient (Wildman–Crippen LogP) is 4.76. The van der Waals surface area contributed by atoms with Crippen LogP contribution in [0.2, 0.25) is 0 Å². The molecular weight excluding hydrogens is 364 g/mol. The molecule has 3 aromatic carbocycles. The van der Waals surface area contributed by atoms with Gasteiger partial charge in [0.2, 0.25) is 5.91 Å². The topological polar surface area (TPSA) is 59.6 Å². The van der Waals surface area contributed by atoms with E-state index in [1.165, 1.54) is 5.56 Å². The third-order valence-corrected chi connectivity index (χ3v) is 4.42. The Balaban J connectivity index is 1.49. The maximum Gasteiger partial charge on any atom is 0.243 e. The average molecular weight is 390 g/mol. The summed E-state index contributed by atoms with van der Waals surface area (Å²) in [5.74, 6) is 1.21. The van der Waals surface area contributed by atoms with Gasteiger partial charge in [0.15, 0.2) is 0 Å². The van der Waals surface area contributed by atoms with Gasteiger partial charge in [0.05, 0.1) is 31.6 Å². The minimum atomic E-state index is -0.156. The largest absolute Gasteiger partial charge is 0.495 e. The van der Waals surface area contributed by atoms with E-state index in [1.807, 2.05) is 66.7 Å². The van der Waals surface area contributed by atoms with Crippen LogP contribution in [0.25, 0.3) is 0 Å². The summed E-state index contributed by atoms with van der Waals surface area (Å²) in [4.78, 5) is 12.4. The van der Waals surface area contributed by atoms with Gasteiger partial charge in [-0.2, -0.15) is 0 Å². The Kier molecular flexibility index (Phi) is 7.52. The van der Waals surface area contributed by atoms with Crippen molar-refractivity contribution in [2.75, 3.05) is 30.9 Å². The summed E-state index contributed by atoms with van der Waals surface area (Å²) in [5.41, 5.74) is 2.73. The van der Waals surface area contributed by atoms with E-state index in [4.69, 9.17) is 9.47 Å². The van der Waals surface area contributed by atoms with Crippen LogP contribution in [0.5, 0.6) is 11.5 Å². The number of hydrogen-bond donors (Lipinski definition) is 2. The summed E-state index contributed by atoms with van der Waals surface area (Å²) in [6, 6.07) is 25.3. The first kappa shape index (κ1) is 20.3. The third kappa shape index (κ3) is 6.28. The van der Waals surface area contributed by atoms with Crippen molar-refractivity contribution in [2.45, 2.75) is 12.8 Å². The van der Waals surface area contributed by atoms with E-state index in [9.17, 15) is 4.79 Å². The molecule has 150 valence electrons. The smallest absolute Gasteiger partial charge is 0.243 e. The predicted molar refractivity (Wildman–Crippen MR) is 117 cm³/mol. The van der Waals surface area contributed by atoms with Crippen LogP contribution in [-0.2, 0) is 11.2 Å². The van der Waals surface area contributed by atoms with Crippen molar-refractivity contribution < 1.29 is 14.3 Å². The first-order valence-electron chi connectivity index (χ1n) is 9.69. The zero-order chi connectivity index (χ0) is 20.3.